The lowest BCUT2D eigenvalue weighted by Crippen LogP contribution is -2.30. The zero-order valence-electron chi connectivity index (χ0n) is 8.97. The minimum absolute atomic E-state index is 0.582. The van der Waals surface area contributed by atoms with Gasteiger partial charge < -0.3 is 9.90 Å². The zero-order chi connectivity index (χ0) is 12.3. The Hall–Kier alpha value is -1.80. The minimum atomic E-state index is -1.11. The van der Waals surface area contributed by atoms with Crippen molar-refractivity contribution in [2.24, 2.45) is 0 Å². The van der Waals surface area contributed by atoms with E-state index in [9.17, 15) is 9.90 Å². The normalized spacial score (nSPS) is 12.1. The molecule has 2 nitrogen and oxygen atoms in total. The van der Waals surface area contributed by atoms with Crippen molar-refractivity contribution in [1.82, 2.24) is 0 Å². The van der Waals surface area contributed by atoms with Gasteiger partial charge in [0.2, 0.25) is 0 Å². The van der Waals surface area contributed by atoms with Crippen molar-refractivity contribution in [3.63, 3.8) is 0 Å². The van der Waals surface area contributed by atoms with E-state index in [1.807, 2.05) is 6.07 Å². The van der Waals surface area contributed by atoms with Crippen LogP contribution in [0.5, 0.6) is 0 Å². The Morgan fingerprint density at radius 3 is 2.00 bits per heavy atom. The van der Waals surface area contributed by atoms with Gasteiger partial charge in [0.1, 0.15) is 0 Å². The minimum Gasteiger partial charge on any atom is -0.549 e. The van der Waals surface area contributed by atoms with Gasteiger partial charge in [-0.1, -0.05) is 54.1 Å². The maximum absolute atomic E-state index is 11.2. The molecule has 0 spiro atoms. The molecule has 0 aliphatic heterocycles. The number of halogens is 1. The van der Waals surface area contributed by atoms with Gasteiger partial charge in [0.05, 0.1) is 5.97 Å². The van der Waals surface area contributed by atoms with Crippen LogP contribution in [0.15, 0.2) is 54.6 Å². The molecule has 0 aliphatic carbocycles. The fourth-order valence-corrected chi connectivity index (χ4v) is 1.89. The first-order valence-electron chi connectivity index (χ1n) is 5.20. The van der Waals surface area contributed by atoms with E-state index < -0.39 is 11.9 Å². The summed E-state index contributed by atoms with van der Waals surface area (Å²) in [7, 11) is 0. The molecule has 0 saturated carbocycles. The molecular weight excluding hydrogens is 236 g/mol. The molecule has 0 aliphatic rings. The molecule has 2 aromatic rings. The average molecular weight is 246 g/mol. The van der Waals surface area contributed by atoms with Gasteiger partial charge in [0, 0.05) is 10.9 Å². The Kier molecular flexibility index (Phi) is 3.45. The lowest BCUT2D eigenvalue weighted by molar-refractivity contribution is -0.306. The zero-order valence-corrected chi connectivity index (χ0v) is 9.72. The monoisotopic (exact) mass is 245 g/mol. The SMILES string of the molecule is O=C([O-])[C@H](c1ccccc1)c1ccc(Cl)cc1. The highest BCUT2D eigenvalue weighted by Gasteiger charge is 2.14. The van der Waals surface area contributed by atoms with Crippen LogP contribution in [0.3, 0.4) is 0 Å². The Bertz CT molecular complexity index is 506. The number of hydrogen-bond donors (Lipinski definition) is 0. The lowest BCUT2D eigenvalue weighted by atomic mass is 9.91. The fraction of sp³-hybridized carbons (Fsp3) is 0.0714. The van der Waals surface area contributed by atoms with Crippen molar-refractivity contribution in [3.8, 4) is 0 Å². The third kappa shape index (κ3) is 2.66. The molecular formula is C14H10ClO2-. The van der Waals surface area contributed by atoms with Gasteiger partial charge in [-0.25, -0.2) is 0 Å². The predicted molar refractivity (Wildman–Crippen MR) is 64.7 cm³/mol. The van der Waals surface area contributed by atoms with E-state index in [-0.39, 0.29) is 0 Å². The summed E-state index contributed by atoms with van der Waals surface area (Å²) in [6, 6.07) is 15.8. The maximum Gasteiger partial charge on any atom is 0.0533 e. The Balaban J connectivity index is 2.43. The highest BCUT2D eigenvalue weighted by atomic mass is 35.5. The van der Waals surface area contributed by atoms with Crippen molar-refractivity contribution in [1.29, 1.82) is 0 Å². The number of carbonyl (C=O) groups is 1. The van der Waals surface area contributed by atoms with Crippen LogP contribution in [0.25, 0.3) is 0 Å². The third-order valence-corrected chi connectivity index (χ3v) is 2.82. The summed E-state index contributed by atoms with van der Waals surface area (Å²) in [6.45, 7) is 0. The molecule has 0 saturated heterocycles. The van der Waals surface area contributed by atoms with Crippen molar-refractivity contribution >= 4 is 17.6 Å². The second kappa shape index (κ2) is 5.02. The Morgan fingerprint density at radius 1 is 0.941 bits per heavy atom. The number of carboxylic acid groups (broad SMARTS) is 1. The summed E-state index contributed by atoms with van der Waals surface area (Å²) >= 11 is 5.78. The molecule has 2 rings (SSSR count). The molecule has 0 heterocycles. The first-order chi connectivity index (χ1) is 8.18. The standard InChI is InChI=1S/C14H11ClO2/c15-12-8-6-11(7-9-12)13(14(16)17)10-4-2-1-3-5-10/h1-9,13H,(H,16,17)/p-1/t13-/m1/s1. The quantitative estimate of drug-likeness (QED) is 0.832. The van der Waals surface area contributed by atoms with E-state index in [1.54, 1.807) is 48.5 Å². The molecule has 0 fully saturated rings. The number of carbonyl (C=O) groups excluding carboxylic acids is 1. The fourth-order valence-electron chi connectivity index (χ4n) is 1.77. The van der Waals surface area contributed by atoms with Crippen LogP contribution in [0.4, 0.5) is 0 Å². The van der Waals surface area contributed by atoms with Gasteiger partial charge in [0.15, 0.2) is 0 Å². The highest BCUT2D eigenvalue weighted by molar-refractivity contribution is 6.30. The van der Waals surface area contributed by atoms with Crippen molar-refractivity contribution in [2.75, 3.05) is 0 Å². The van der Waals surface area contributed by atoms with Crippen LogP contribution in [0, 0.1) is 0 Å². The van der Waals surface area contributed by atoms with Gasteiger partial charge in [0.25, 0.3) is 0 Å². The van der Waals surface area contributed by atoms with Gasteiger partial charge in [-0.05, 0) is 23.3 Å². The molecule has 3 heteroatoms. The van der Waals surface area contributed by atoms with E-state index in [1.165, 1.54) is 0 Å². The topological polar surface area (TPSA) is 40.1 Å². The highest BCUT2D eigenvalue weighted by Crippen LogP contribution is 2.25. The number of carboxylic acids is 1. The first kappa shape index (κ1) is 11.7. The van der Waals surface area contributed by atoms with Crippen LogP contribution in [-0.4, -0.2) is 5.97 Å². The van der Waals surface area contributed by atoms with E-state index in [0.717, 1.165) is 0 Å². The summed E-state index contributed by atoms with van der Waals surface area (Å²) < 4.78 is 0. The Morgan fingerprint density at radius 2 is 1.47 bits per heavy atom. The number of benzene rings is 2. The summed E-state index contributed by atoms with van der Waals surface area (Å²) in [6.07, 6.45) is 0. The number of hydrogen-bond acceptors (Lipinski definition) is 2. The van der Waals surface area contributed by atoms with E-state index in [0.29, 0.717) is 16.1 Å². The summed E-state index contributed by atoms with van der Waals surface area (Å²) in [5.74, 6) is -1.87. The van der Waals surface area contributed by atoms with Crippen LogP contribution in [0.2, 0.25) is 5.02 Å². The largest absolute Gasteiger partial charge is 0.549 e. The average Bonchev–Trinajstić information content (AvgIpc) is 2.33. The molecule has 86 valence electrons. The lowest BCUT2D eigenvalue weighted by Gasteiger charge is -2.19. The molecule has 0 radical (unpaired) electrons. The molecule has 0 N–H and O–H groups in total. The molecule has 2 aromatic carbocycles. The van der Waals surface area contributed by atoms with E-state index in [4.69, 9.17) is 11.6 Å². The number of aliphatic carboxylic acids is 1. The van der Waals surface area contributed by atoms with Gasteiger partial charge >= 0.3 is 0 Å². The van der Waals surface area contributed by atoms with Gasteiger partial charge in [-0.2, -0.15) is 0 Å². The van der Waals surface area contributed by atoms with Crippen LogP contribution in [-0.2, 0) is 4.79 Å². The Labute approximate surface area is 104 Å². The molecule has 0 bridgehead atoms. The van der Waals surface area contributed by atoms with Crippen LogP contribution < -0.4 is 5.11 Å². The molecule has 0 amide bonds. The van der Waals surface area contributed by atoms with Gasteiger partial charge in [-0.15, -0.1) is 0 Å². The molecule has 0 aromatic heterocycles. The predicted octanol–water partition coefficient (Wildman–Crippen LogP) is 2.22. The summed E-state index contributed by atoms with van der Waals surface area (Å²) in [5.41, 5.74) is 1.37. The van der Waals surface area contributed by atoms with Crippen LogP contribution >= 0.6 is 11.6 Å². The molecule has 1 atom stereocenters. The smallest absolute Gasteiger partial charge is 0.0533 e. The second-order valence-electron chi connectivity index (χ2n) is 3.71. The summed E-state index contributed by atoms with van der Waals surface area (Å²) in [5, 5.41) is 11.8. The number of rotatable bonds is 3. The third-order valence-electron chi connectivity index (χ3n) is 2.57. The van der Waals surface area contributed by atoms with Gasteiger partial charge in [-0.3, -0.25) is 0 Å². The van der Waals surface area contributed by atoms with E-state index in [2.05, 4.69) is 0 Å². The van der Waals surface area contributed by atoms with Crippen molar-refractivity contribution in [3.05, 3.63) is 70.7 Å². The van der Waals surface area contributed by atoms with Crippen molar-refractivity contribution < 1.29 is 9.90 Å². The molecule has 17 heavy (non-hydrogen) atoms. The van der Waals surface area contributed by atoms with Crippen molar-refractivity contribution in [2.45, 2.75) is 5.92 Å². The van der Waals surface area contributed by atoms with Crippen LogP contribution in [0.1, 0.15) is 17.0 Å². The maximum atomic E-state index is 11.2. The first-order valence-corrected chi connectivity index (χ1v) is 5.57. The second-order valence-corrected chi connectivity index (χ2v) is 4.15. The molecule has 0 unspecified atom stereocenters. The summed E-state index contributed by atoms with van der Waals surface area (Å²) in [4.78, 5) is 11.2. The van der Waals surface area contributed by atoms with E-state index >= 15 is 0 Å².